The van der Waals surface area contributed by atoms with Gasteiger partial charge in [0.2, 0.25) is 0 Å². The fourth-order valence-electron chi connectivity index (χ4n) is 5.07. The molecule has 0 heterocycles. The molecule has 1 atom stereocenters. The van der Waals surface area contributed by atoms with Gasteiger partial charge in [0, 0.05) is 50.7 Å². The van der Waals surface area contributed by atoms with Crippen LogP contribution in [0.15, 0.2) is 97.1 Å². The molecule has 4 aromatic rings. The molecule has 0 aromatic heterocycles. The number of carbonyl (C=O) groups is 3. The first-order valence-corrected chi connectivity index (χ1v) is 16.7. The van der Waals surface area contributed by atoms with E-state index < -0.39 is 18.0 Å². The highest BCUT2D eigenvalue weighted by atomic mass is 16.6. The van der Waals surface area contributed by atoms with Gasteiger partial charge < -0.3 is 38.6 Å². The van der Waals surface area contributed by atoms with Gasteiger partial charge in [0.15, 0.2) is 5.78 Å². The molecule has 0 aliphatic rings. The third-order valence-corrected chi connectivity index (χ3v) is 7.90. The van der Waals surface area contributed by atoms with Crippen LogP contribution in [0.2, 0.25) is 0 Å². The van der Waals surface area contributed by atoms with E-state index in [1.807, 2.05) is 74.4 Å². The summed E-state index contributed by atoms with van der Waals surface area (Å²) in [7, 11) is 7.72. The first kappa shape index (κ1) is 38.7. The maximum Gasteiger partial charge on any atom is 0.338 e. The van der Waals surface area contributed by atoms with Gasteiger partial charge in [-0.15, -0.1) is 0 Å². The zero-order valence-electron chi connectivity index (χ0n) is 29.6. The van der Waals surface area contributed by atoms with Crippen molar-refractivity contribution >= 4 is 29.1 Å². The summed E-state index contributed by atoms with van der Waals surface area (Å²) in [6.45, 7) is 1.64. The third-order valence-electron chi connectivity index (χ3n) is 7.90. The van der Waals surface area contributed by atoms with E-state index >= 15 is 0 Å². The van der Waals surface area contributed by atoms with Crippen LogP contribution in [0.3, 0.4) is 0 Å². The molecule has 4 aromatic carbocycles. The summed E-state index contributed by atoms with van der Waals surface area (Å²) >= 11 is 0. The molecule has 0 bridgehead atoms. The lowest BCUT2D eigenvalue weighted by Gasteiger charge is -2.17. The number of hydrogen-bond acceptors (Lipinski definition) is 11. The lowest BCUT2D eigenvalue weighted by molar-refractivity contribution is -0.00682. The number of benzene rings is 4. The molecule has 0 saturated carbocycles. The molecule has 0 aliphatic heterocycles. The van der Waals surface area contributed by atoms with E-state index in [4.69, 9.17) is 23.7 Å². The van der Waals surface area contributed by atoms with Crippen molar-refractivity contribution in [1.29, 1.82) is 0 Å². The Morgan fingerprint density at radius 2 is 0.941 bits per heavy atom. The van der Waals surface area contributed by atoms with Gasteiger partial charge in [-0.05, 0) is 59.7 Å². The highest BCUT2D eigenvalue weighted by Crippen LogP contribution is 2.27. The molecule has 0 saturated heterocycles. The molecule has 11 nitrogen and oxygen atoms in total. The molecule has 0 radical (unpaired) electrons. The van der Waals surface area contributed by atoms with Crippen LogP contribution in [-0.2, 0) is 23.7 Å². The summed E-state index contributed by atoms with van der Waals surface area (Å²) in [5, 5.41) is 11.0. The van der Waals surface area contributed by atoms with E-state index in [0.717, 1.165) is 11.4 Å². The van der Waals surface area contributed by atoms with Crippen molar-refractivity contribution in [2.24, 2.45) is 0 Å². The highest BCUT2D eigenvalue weighted by Gasteiger charge is 2.21. The zero-order chi connectivity index (χ0) is 36.6. The van der Waals surface area contributed by atoms with Crippen molar-refractivity contribution in [1.82, 2.24) is 0 Å². The van der Waals surface area contributed by atoms with Gasteiger partial charge in [-0.2, -0.15) is 0 Å². The number of anilines is 2. The number of rotatable bonds is 20. The quantitative estimate of drug-likeness (QED) is 0.0745. The second-order valence-electron chi connectivity index (χ2n) is 11.9. The van der Waals surface area contributed by atoms with Crippen LogP contribution in [0.1, 0.15) is 53.9 Å². The molecular weight excluding hydrogens is 652 g/mol. The number of aliphatic hydroxyl groups excluding tert-OH is 1. The molecule has 51 heavy (non-hydrogen) atoms. The van der Waals surface area contributed by atoms with E-state index in [1.54, 1.807) is 60.7 Å². The van der Waals surface area contributed by atoms with Crippen LogP contribution in [-0.4, -0.2) is 104 Å². The summed E-state index contributed by atoms with van der Waals surface area (Å²) in [6.07, 6.45) is -0.977. The van der Waals surface area contributed by atoms with Crippen molar-refractivity contribution in [3.63, 3.8) is 0 Å². The standard InChI is InChI=1S/C40H46N2O9/c1-41(2)31-17-13-29(14-18-31)37(43)33-9-5-7-11-35(33)39(45)50-27-25-48-23-21-47-22-24-49-26-28-51-40(46)36-12-8-6-10-34(36)38(44)30-15-19-32(20-16-30)42(3)4/h5-20,37,43H,21-28H2,1-4H3. The summed E-state index contributed by atoms with van der Waals surface area (Å²) < 4.78 is 27.2. The van der Waals surface area contributed by atoms with Crippen LogP contribution in [0, 0.1) is 0 Å². The number of aliphatic hydroxyl groups is 1. The second-order valence-corrected chi connectivity index (χ2v) is 11.9. The summed E-state index contributed by atoms with van der Waals surface area (Å²) in [4.78, 5) is 42.5. The number of ether oxygens (including phenoxy) is 5. The van der Waals surface area contributed by atoms with E-state index in [1.165, 1.54) is 0 Å². The number of esters is 2. The summed E-state index contributed by atoms with van der Waals surface area (Å²) in [5.41, 5.74) is 4.36. The lowest BCUT2D eigenvalue weighted by atomic mass is 9.96. The molecule has 0 fully saturated rings. The van der Waals surface area contributed by atoms with Gasteiger partial charge in [-0.1, -0.05) is 48.5 Å². The predicted octanol–water partition coefficient (Wildman–Crippen LogP) is 5.19. The topological polar surface area (TPSA) is 124 Å². The van der Waals surface area contributed by atoms with E-state index in [-0.39, 0.29) is 49.9 Å². The van der Waals surface area contributed by atoms with Gasteiger partial charge in [0.25, 0.3) is 0 Å². The number of nitrogens with zero attached hydrogens (tertiary/aromatic N) is 2. The van der Waals surface area contributed by atoms with E-state index in [9.17, 15) is 19.5 Å². The number of carbonyl (C=O) groups excluding carboxylic acids is 3. The Kier molecular flexibility index (Phi) is 15.1. The van der Waals surface area contributed by atoms with Gasteiger partial charge >= 0.3 is 11.9 Å². The van der Waals surface area contributed by atoms with Crippen LogP contribution >= 0.6 is 0 Å². The Balaban J connectivity index is 1.06. The lowest BCUT2D eigenvalue weighted by Crippen LogP contribution is -2.17. The maximum atomic E-state index is 13.1. The average Bonchev–Trinajstić information content (AvgIpc) is 3.15. The fourth-order valence-corrected chi connectivity index (χ4v) is 5.07. The third kappa shape index (κ3) is 11.5. The smallest absolute Gasteiger partial charge is 0.338 e. The largest absolute Gasteiger partial charge is 0.460 e. The Bertz CT molecular complexity index is 1710. The van der Waals surface area contributed by atoms with Crippen LogP contribution in [0.5, 0.6) is 0 Å². The minimum Gasteiger partial charge on any atom is -0.460 e. The summed E-state index contributed by atoms with van der Waals surface area (Å²) in [6, 6.07) is 28.1. The second kappa shape index (κ2) is 19.9. The first-order valence-electron chi connectivity index (χ1n) is 16.7. The van der Waals surface area contributed by atoms with Crippen molar-refractivity contribution in [2.45, 2.75) is 6.10 Å². The normalized spacial score (nSPS) is 11.5. The van der Waals surface area contributed by atoms with Crippen molar-refractivity contribution < 1.29 is 43.2 Å². The molecule has 4 rings (SSSR count). The molecule has 11 heteroatoms. The molecule has 0 spiro atoms. The monoisotopic (exact) mass is 698 g/mol. The minimum absolute atomic E-state index is 0.0219. The summed E-state index contributed by atoms with van der Waals surface area (Å²) in [5.74, 6) is -1.40. The fraction of sp³-hybridized carbons (Fsp3) is 0.325. The molecule has 1 N–H and O–H groups in total. The molecule has 0 amide bonds. The van der Waals surface area contributed by atoms with Crippen molar-refractivity contribution in [3.8, 4) is 0 Å². The van der Waals surface area contributed by atoms with Gasteiger partial charge in [0.1, 0.15) is 19.3 Å². The van der Waals surface area contributed by atoms with Crippen LogP contribution in [0.25, 0.3) is 0 Å². The number of hydrogen-bond donors (Lipinski definition) is 1. The molecule has 0 aliphatic carbocycles. The predicted molar refractivity (Wildman–Crippen MR) is 195 cm³/mol. The van der Waals surface area contributed by atoms with Crippen molar-refractivity contribution in [3.05, 3.63) is 130 Å². The minimum atomic E-state index is -0.977. The Morgan fingerprint density at radius 1 is 0.529 bits per heavy atom. The van der Waals surface area contributed by atoms with Crippen LogP contribution < -0.4 is 9.80 Å². The van der Waals surface area contributed by atoms with Crippen molar-refractivity contribution in [2.75, 3.05) is 90.8 Å². The van der Waals surface area contributed by atoms with E-state index in [2.05, 4.69) is 0 Å². The van der Waals surface area contributed by atoms with Gasteiger partial charge in [-0.3, -0.25) is 4.79 Å². The Labute approximate surface area is 299 Å². The SMILES string of the molecule is CN(C)c1ccc(C(=O)c2ccccc2C(=O)OCCOCCOCCOCCOC(=O)c2ccccc2C(O)c2ccc(N(C)C)cc2)cc1. The molecule has 1 unspecified atom stereocenters. The van der Waals surface area contributed by atoms with E-state index in [0.29, 0.717) is 42.1 Å². The number of ketones is 1. The molecular formula is C40H46N2O9. The first-order chi connectivity index (χ1) is 24.7. The molecule has 270 valence electrons. The van der Waals surface area contributed by atoms with Crippen LogP contribution in [0.4, 0.5) is 11.4 Å². The highest BCUT2D eigenvalue weighted by molar-refractivity contribution is 6.14. The van der Waals surface area contributed by atoms with Gasteiger partial charge in [-0.25, -0.2) is 9.59 Å². The maximum absolute atomic E-state index is 13.1. The zero-order valence-corrected chi connectivity index (χ0v) is 29.6. The Hall–Kier alpha value is -5.07. The van der Waals surface area contributed by atoms with Gasteiger partial charge in [0.05, 0.1) is 50.8 Å². The Morgan fingerprint density at radius 3 is 1.45 bits per heavy atom. The average molecular weight is 699 g/mol.